The van der Waals surface area contributed by atoms with Crippen molar-refractivity contribution in [1.82, 2.24) is 0 Å². The lowest BCUT2D eigenvalue weighted by atomic mass is 9.87. The number of thioether (sulfide) groups is 1. The zero-order chi connectivity index (χ0) is 33.1. The zero-order valence-corrected chi connectivity index (χ0v) is 28.6. The fourth-order valence-corrected chi connectivity index (χ4v) is 6.67. The molecule has 248 valence electrons. The summed E-state index contributed by atoms with van der Waals surface area (Å²) in [5.74, 6) is -0.135. The molecule has 0 radical (unpaired) electrons. The first-order valence-corrected chi connectivity index (χ1v) is 17.2. The maximum absolute atomic E-state index is 12.4. The number of benzene rings is 4. The summed E-state index contributed by atoms with van der Waals surface area (Å²) in [6.45, 7) is 9.46. The van der Waals surface area contributed by atoms with Gasteiger partial charge in [0.25, 0.3) is 0 Å². The molecule has 1 saturated heterocycles. The van der Waals surface area contributed by atoms with Crippen LogP contribution in [0.3, 0.4) is 0 Å². The predicted octanol–water partition coefficient (Wildman–Crippen LogP) is 8.37. The highest BCUT2D eigenvalue weighted by Crippen LogP contribution is 2.37. The Morgan fingerprint density at radius 1 is 0.702 bits per heavy atom. The zero-order valence-electron chi connectivity index (χ0n) is 27.7. The molecular formula is C40H46O6S. The van der Waals surface area contributed by atoms with Crippen molar-refractivity contribution in [3.63, 3.8) is 0 Å². The number of carbonyl (C=O) groups is 1. The van der Waals surface area contributed by atoms with Gasteiger partial charge in [-0.25, -0.2) is 0 Å². The molecule has 0 unspecified atom stereocenters. The molecule has 4 aromatic carbocycles. The van der Waals surface area contributed by atoms with Crippen LogP contribution in [0, 0.1) is 5.92 Å². The smallest absolute Gasteiger partial charge is 0.304 e. The standard InChI is InChI=1S/C40H46O6S/c1-29(41)45-39-35(28-47-34-22-20-33(21-23-34)40(2,3)4)37(43-25-31-16-10-6-11-17-31)38(44-26-32-18-12-7-13-19-32)36(46-39)27-42-24-30-14-8-5-9-15-30/h5-23,35-39H,24-28H2,1-4H3/t35-,36+,37+,38+,39-/m0/s1. The van der Waals surface area contributed by atoms with E-state index in [1.54, 1.807) is 11.8 Å². The molecule has 0 N–H and O–H groups in total. The Kier molecular flexibility index (Phi) is 12.7. The molecule has 0 bridgehead atoms. The molecule has 0 spiro atoms. The molecule has 7 heteroatoms. The minimum atomic E-state index is -0.837. The predicted molar refractivity (Wildman–Crippen MR) is 186 cm³/mol. The van der Waals surface area contributed by atoms with Crippen molar-refractivity contribution in [2.24, 2.45) is 5.92 Å². The molecule has 5 atom stereocenters. The third-order valence-electron chi connectivity index (χ3n) is 8.18. The number of hydrogen-bond donors (Lipinski definition) is 0. The van der Waals surface area contributed by atoms with Gasteiger partial charge in [-0.2, -0.15) is 0 Å². The lowest BCUT2D eigenvalue weighted by molar-refractivity contribution is -0.293. The Balaban J connectivity index is 1.43. The van der Waals surface area contributed by atoms with Crippen LogP contribution in [0.5, 0.6) is 0 Å². The van der Waals surface area contributed by atoms with Crippen molar-refractivity contribution >= 4 is 17.7 Å². The van der Waals surface area contributed by atoms with Gasteiger partial charge >= 0.3 is 5.97 Å². The quantitative estimate of drug-likeness (QED) is 0.100. The fourth-order valence-electron chi connectivity index (χ4n) is 5.61. The third-order valence-corrected chi connectivity index (χ3v) is 9.34. The first kappa shape index (κ1) is 34.9. The van der Waals surface area contributed by atoms with E-state index in [-0.39, 0.29) is 17.9 Å². The Labute approximate surface area is 283 Å². The molecule has 4 aromatic rings. The second-order valence-electron chi connectivity index (χ2n) is 12.9. The summed E-state index contributed by atoms with van der Waals surface area (Å²) in [4.78, 5) is 13.6. The first-order valence-electron chi connectivity index (χ1n) is 16.2. The van der Waals surface area contributed by atoms with E-state index in [1.807, 2.05) is 91.0 Å². The molecule has 0 aliphatic carbocycles. The molecule has 0 saturated carbocycles. The van der Waals surface area contributed by atoms with Crippen molar-refractivity contribution in [3.05, 3.63) is 138 Å². The van der Waals surface area contributed by atoms with Gasteiger partial charge < -0.3 is 23.7 Å². The lowest BCUT2D eigenvalue weighted by Crippen LogP contribution is -2.59. The van der Waals surface area contributed by atoms with Gasteiger partial charge in [0.15, 0.2) is 0 Å². The normalized spacial score (nSPS) is 21.3. The Morgan fingerprint density at radius 3 is 1.72 bits per heavy atom. The SMILES string of the molecule is CC(=O)O[C@H]1O[C@H](COCc2ccccc2)[C@@H](OCc2ccccc2)[C@H](OCc2ccccc2)[C@@H]1CSc1ccc(C(C)(C)C)cc1. The molecule has 0 aromatic heterocycles. The van der Waals surface area contributed by atoms with E-state index in [0.29, 0.717) is 25.6 Å². The van der Waals surface area contributed by atoms with E-state index in [9.17, 15) is 4.79 Å². The van der Waals surface area contributed by atoms with E-state index in [1.165, 1.54) is 12.5 Å². The van der Waals surface area contributed by atoms with Gasteiger partial charge in [0.2, 0.25) is 6.29 Å². The second-order valence-corrected chi connectivity index (χ2v) is 14.0. The van der Waals surface area contributed by atoms with Crippen LogP contribution in [0.1, 0.15) is 49.9 Å². The number of hydrogen-bond acceptors (Lipinski definition) is 7. The molecular weight excluding hydrogens is 609 g/mol. The van der Waals surface area contributed by atoms with Gasteiger partial charge in [-0.15, -0.1) is 11.8 Å². The maximum Gasteiger partial charge on any atom is 0.304 e. The van der Waals surface area contributed by atoms with Gasteiger partial charge in [0, 0.05) is 17.6 Å². The van der Waals surface area contributed by atoms with Gasteiger partial charge in [-0.1, -0.05) is 124 Å². The van der Waals surface area contributed by atoms with Crippen LogP contribution in [0.2, 0.25) is 0 Å². The third kappa shape index (κ3) is 10.5. The fraction of sp³-hybridized carbons (Fsp3) is 0.375. The van der Waals surface area contributed by atoms with Gasteiger partial charge in [-0.05, 0) is 39.8 Å². The lowest BCUT2D eigenvalue weighted by Gasteiger charge is -2.45. The Hall–Kier alpha value is -3.46. The van der Waals surface area contributed by atoms with Gasteiger partial charge in [0.1, 0.15) is 12.2 Å². The number of rotatable bonds is 14. The van der Waals surface area contributed by atoms with Crippen LogP contribution >= 0.6 is 11.8 Å². The average Bonchev–Trinajstić information content (AvgIpc) is 3.07. The highest BCUT2D eigenvalue weighted by atomic mass is 32.2. The summed E-state index contributed by atoms with van der Waals surface area (Å²) in [5.41, 5.74) is 4.50. The van der Waals surface area contributed by atoms with Crippen molar-refractivity contribution in [2.45, 2.75) is 82.4 Å². The summed E-state index contributed by atoms with van der Waals surface area (Å²) in [5, 5.41) is 0. The highest BCUT2D eigenvalue weighted by Gasteiger charge is 2.49. The van der Waals surface area contributed by atoms with Crippen molar-refractivity contribution in [3.8, 4) is 0 Å². The van der Waals surface area contributed by atoms with Crippen molar-refractivity contribution < 1.29 is 28.5 Å². The molecule has 1 fully saturated rings. The average molecular weight is 655 g/mol. The van der Waals surface area contributed by atoms with E-state index in [4.69, 9.17) is 23.7 Å². The van der Waals surface area contributed by atoms with Crippen LogP contribution in [0.4, 0.5) is 0 Å². The summed E-state index contributed by atoms with van der Waals surface area (Å²) in [7, 11) is 0. The van der Waals surface area contributed by atoms with E-state index in [0.717, 1.165) is 21.6 Å². The molecule has 6 nitrogen and oxygen atoms in total. The van der Waals surface area contributed by atoms with Crippen molar-refractivity contribution in [2.75, 3.05) is 12.4 Å². The Morgan fingerprint density at radius 2 is 1.21 bits per heavy atom. The molecule has 5 rings (SSSR count). The van der Waals surface area contributed by atoms with E-state index >= 15 is 0 Å². The molecule has 1 heterocycles. The summed E-state index contributed by atoms with van der Waals surface area (Å²) in [6, 6.07) is 38.8. The number of carbonyl (C=O) groups excluding carboxylic acids is 1. The first-order chi connectivity index (χ1) is 22.8. The number of ether oxygens (including phenoxy) is 5. The molecule has 0 amide bonds. The highest BCUT2D eigenvalue weighted by molar-refractivity contribution is 7.99. The van der Waals surface area contributed by atoms with Crippen LogP contribution in [-0.2, 0) is 53.7 Å². The van der Waals surface area contributed by atoms with Crippen molar-refractivity contribution in [1.29, 1.82) is 0 Å². The Bertz CT molecular complexity index is 1490. The topological polar surface area (TPSA) is 63.2 Å². The molecule has 1 aliphatic rings. The second kappa shape index (κ2) is 17.1. The molecule has 1 aliphatic heterocycles. The van der Waals surface area contributed by atoms with Crippen LogP contribution < -0.4 is 0 Å². The monoisotopic (exact) mass is 654 g/mol. The number of esters is 1. The van der Waals surface area contributed by atoms with E-state index < -0.39 is 30.6 Å². The minimum absolute atomic E-state index is 0.0676. The summed E-state index contributed by atoms with van der Waals surface area (Å²) < 4.78 is 32.1. The van der Waals surface area contributed by atoms with Gasteiger partial charge in [-0.3, -0.25) is 4.79 Å². The van der Waals surface area contributed by atoms with Crippen LogP contribution in [0.25, 0.3) is 0 Å². The van der Waals surface area contributed by atoms with Crippen LogP contribution in [0.15, 0.2) is 120 Å². The summed E-state index contributed by atoms with van der Waals surface area (Å²) in [6.07, 6.45) is -2.32. The largest absolute Gasteiger partial charge is 0.435 e. The maximum atomic E-state index is 12.4. The minimum Gasteiger partial charge on any atom is -0.435 e. The summed E-state index contributed by atoms with van der Waals surface area (Å²) >= 11 is 1.70. The van der Waals surface area contributed by atoms with E-state index in [2.05, 4.69) is 45.0 Å². The molecule has 47 heavy (non-hydrogen) atoms. The van der Waals surface area contributed by atoms with Gasteiger partial charge in [0.05, 0.1) is 38.4 Å². The van der Waals surface area contributed by atoms with Crippen LogP contribution in [-0.4, -0.2) is 42.9 Å².